The second-order valence-corrected chi connectivity index (χ2v) is 8.17. The van der Waals surface area contributed by atoms with Gasteiger partial charge in [0.15, 0.2) is 5.65 Å². The first-order valence-electron chi connectivity index (χ1n) is 11.0. The van der Waals surface area contributed by atoms with Gasteiger partial charge in [-0.25, -0.2) is 4.98 Å². The highest BCUT2D eigenvalue weighted by Crippen LogP contribution is 2.31. The van der Waals surface area contributed by atoms with Crippen molar-refractivity contribution in [2.24, 2.45) is 0 Å². The molecular weight excluding hydrogens is 414 g/mol. The van der Waals surface area contributed by atoms with Crippen LogP contribution in [0.15, 0.2) is 54.6 Å². The van der Waals surface area contributed by atoms with Crippen LogP contribution in [-0.2, 0) is 0 Å². The molecule has 0 spiro atoms. The van der Waals surface area contributed by atoms with Gasteiger partial charge in [0.2, 0.25) is 0 Å². The Kier molecular flexibility index (Phi) is 5.62. The summed E-state index contributed by atoms with van der Waals surface area (Å²) in [5, 5.41) is 21.3. The fourth-order valence-electron chi connectivity index (χ4n) is 4.19. The van der Waals surface area contributed by atoms with Crippen molar-refractivity contribution in [2.45, 2.75) is 6.92 Å². The van der Waals surface area contributed by atoms with Gasteiger partial charge >= 0.3 is 0 Å². The second-order valence-electron chi connectivity index (χ2n) is 8.17. The number of carbonyl (C=O) groups excluding carboxylic acids is 1. The number of pyridine rings is 1. The summed E-state index contributed by atoms with van der Waals surface area (Å²) in [5.74, 6) is 0.168. The smallest absolute Gasteiger partial charge is 0.254 e. The Morgan fingerprint density at radius 1 is 1.06 bits per heavy atom. The number of nitrogens with zero attached hydrogens (tertiary/aromatic N) is 3. The van der Waals surface area contributed by atoms with E-state index in [1.165, 1.54) is 0 Å². The molecule has 2 aromatic carbocycles. The summed E-state index contributed by atoms with van der Waals surface area (Å²) in [6.07, 6.45) is 3.89. The molecule has 1 amide bonds. The van der Waals surface area contributed by atoms with Crippen LogP contribution in [0.1, 0.15) is 27.2 Å². The Morgan fingerprint density at radius 3 is 2.61 bits per heavy atom. The van der Waals surface area contributed by atoms with Crippen LogP contribution in [0.3, 0.4) is 0 Å². The van der Waals surface area contributed by atoms with Crippen LogP contribution in [0, 0.1) is 6.92 Å². The van der Waals surface area contributed by atoms with Crippen LogP contribution in [0.5, 0.6) is 5.75 Å². The summed E-state index contributed by atoms with van der Waals surface area (Å²) in [4.78, 5) is 20.3. The van der Waals surface area contributed by atoms with Gasteiger partial charge in [-0.1, -0.05) is 36.4 Å². The minimum Gasteiger partial charge on any atom is -0.508 e. The third kappa shape index (κ3) is 4.23. The van der Waals surface area contributed by atoms with Crippen molar-refractivity contribution >= 4 is 29.1 Å². The lowest BCUT2D eigenvalue weighted by Gasteiger charge is -2.27. The van der Waals surface area contributed by atoms with E-state index in [-0.39, 0.29) is 11.7 Å². The number of carbonyl (C=O) groups is 1. The lowest BCUT2D eigenvalue weighted by molar-refractivity contribution is 0.0737. The van der Waals surface area contributed by atoms with Crippen molar-refractivity contribution < 1.29 is 9.90 Å². The summed E-state index contributed by atoms with van der Waals surface area (Å²) in [5.41, 5.74) is 5.27. The van der Waals surface area contributed by atoms with Gasteiger partial charge in [-0.05, 0) is 48.4 Å². The van der Waals surface area contributed by atoms with E-state index >= 15 is 0 Å². The topological polar surface area (TPSA) is 94.1 Å². The number of fused-ring (bicyclic) bond motifs is 1. The number of aromatic hydroxyl groups is 1. The molecule has 166 valence electrons. The van der Waals surface area contributed by atoms with E-state index in [0.29, 0.717) is 41.1 Å². The van der Waals surface area contributed by atoms with Crippen LogP contribution < -0.4 is 5.32 Å². The fourth-order valence-corrected chi connectivity index (χ4v) is 4.19. The number of phenolic OH excluding ortho intramolecular Hbond substituents is 1. The molecular formula is C26H25N5O2. The second kappa shape index (κ2) is 8.88. The molecule has 0 atom stereocenters. The zero-order valence-corrected chi connectivity index (χ0v) is 18.4. The Hall–Kier alpha value is -3.97. The van der Waals surface area contributed by atoms with Crippen molar-refractivity contribution in [3.63, 3.8) is 0 Å². The van der Waals surface area contributed by atoms with Crippen LogP contribution in [0.4, 0.5) is 0 Å². The quantitative estimate of drug-likeness (QED) is 0.449. The zero-order valence-electron chi connectivity index (χ0n) is 18.4. The summed E-state index contributed by atoms with van der Waals surface area (Å²) in [6.45, 7) is 4.78. The normalized spacial score (nSPS) is 14.3. The summed E-state index contributed by atoms with van der Waals surface area (Å²) >= 11 is 0. The number of phenols is 1. The predicted octanol–water partition coefficient (Wildman–Crippen LogP) is 3.85. The maximum absolute atomic E-state index is 13.6. The molecule has 0 radical (unpaired) electrons. The van der Waals surface area contributed by atoms with E-state index in [1.54, 1.807) is 12.1 Å². The van der Waals surface area contributed by atoms with Crippen LogP contribution in [0.25, 0.3) is 34.4 Å². The lowest BCUT2D eigenvalue weighted by atomic mass is 10.0. The molecule has 5 rings (SSSR count). The highest BCUT2D eigenvalue weighted by atomic mass is 16.3. The van der Waals surface area contributed by atoms with Crippen molar-refractivity contribution in [1.29, 1.82) is 0 Å². The van der Waals surface area contributed by atoms with E-state index < -0.39 is 0 Å². The Labute approximate surface area is 191 Å². The predicted molar refractivity (Wildman–Crippen MR) is 130 cm³/mol. The number of piperazine rings is 1. The molecule has 0 bridgehead atoms. The van der Waals surface area contributed by atoms with Gasteiger partial charge in [0.05, 0.1) is 22.3 Å². The Morgan fingerprint density at radius 2 is 1.85 bits per heavy atom. The molecule has 0 aliphatic carbocycles. The van der Waals surface area contributed by atoms with Crippen LogP contribution >= 0.6 is 0 Å². The molecule has 7 heteroatoms. The third-order valence-corrected chi connectivity index (χ3v) is 5.91. The number of aromatic amines is 1. The van der Waals surface area contributed by atoms with Crippen molar-refractivity contribution in [2.75, 3.05) is 26.2 Å². The van der Waals surface area contributed by atoms with Gasteiger partial charge < -0.3 is 15.3 Å². The molecule has 0 saturated carbocycles. The first-order valence-corrected chi connectivity index (χ1v) is 11.0. The number of benzene rings is 2. The molecule has 2 aromatic heterocycles. The molecule has 33 heavy (non-hydrogen) atoms. The maximum atomic E-state index is 13.6. The third-order valence-electron chi connectivity index (χ3n) is 5.91. The minimum absolute atomic E-state index is 0.0302. The number of hydrogen-bond donors (Lipinski definition) is 3. The van der Waals surface area contributed by atoms with Gasteiger partial charge in [-0.15, -0.1) is 0 Å². The average Bonchev–Trinajstić information content (AvgIpc) is 3.26. The first-order chi connectivity index (χ1) is 16.1. The Balaban J connectivity index is 1.65. The molecule has 3 N–H and O–H groups in total. The number of aryl methyl sites for hydroxylation is 1. The molecule has 7 nitrogen and oxygen atoms in total. The van der Waals surface area contributed by atoms with Crippen molar-refractivity contribution in [3.05, 3.63) is 77.0 Å². The monoisotopic (exact) mass is 439 g/mol. The molecule has 4 aromatic rings. The van der Waals surface area contributed by atoms with E-state index in [1.807, 2.05) is 66.4 Å². The number of rotatable bonds is 4. The molecule has 3 heterocycles. The van der Waals surface area contributed by atoms with Crippen LogP contribution in [0.2, 0.25) is 0 Å². The number of H-pyrrole nitrogens is 1. The summed E-state index contributed by atoms with van der Waals surface area (Å²) in [6, 6.07) is 17.0. The Bertz CT molecular complexity index is 1340. The minimum atomic E-state index is -0.0302. The van der Waals surface area contributed by atoms with Crippen molar-refractivity contribution in [1.82, 2.24) is 25.4 Å². The number of hydrogen-bond acceptors (Lipinski definition) is 5. The van der Waals surface area contributed by atoms with Gasteiger partial charge in [-0.2, -0.15) is 5.10 Å². The number of nitrogens with one attached hydrogen (secondary N) is 2. The van der Waals surface area contributed by atoms with Gasteiger partial charge in [0.25, 0.3) is 5.91 Å². The lowest BCUT2D eigenvalue weighted by Crippen LogP contribution is -2.46. The van der Waals surface area contributed by atoms with Gasteiger partial charge in [-0.3, -0.25) is 9.89 Å². The summed E-state index contributed by atoms with van der Waals surface area (Å²) in [7, 11) is 0. The SMILES string of the molecule is Cc1cc(O)ccc1-c1cc(C(=O)N2CCNCC2)c2c(/C=C/c3ccccc3)n[nH]c2n1. The number of amides is 1. The van der Waals surface area contributed by atoms with E-state index in [4.69, 9.17) is 4.98 Å². The molecule has 1 aliphatic heterocycles. The largest absolute Gasteiger partial charge is 0.508 e. The van der Waals surface area contributed by atoms with Crippen LogP contribution in [-0.4, -0.2) is 57.3 Å². The van der Waals surface area contributed by atoms with Crippen molar-refractivity contribution in [3.8, 4) is 17.0 Å². The highest BCUT2D eigenvalue weighted by molar-refractivity contribution is 6.09. The van der Waals surface area contributed by atoms with E-state index in [9.17, 15) is 9.90 Å². The molecule has 1 saturated heterocycles. The maximum Gasteiger partial charge on any atom is 0.254 e. The highest BCUT2D eigenvalue weighted by Gasteiger charge is 2.24. The number of aromatic nitrogens is 3. The van der Waals surface area contributed by atoms with Gasteiger partial charge in [0.1, 0.15) is 5.75 Å². The van der Waals surface area contributed by atoms with Gasteiger partial charge in [0, 0.05) is 31.7 Å². The average molecular weight is 440 g/mol. The van der Waals surface area contributed by atoms with E-state index in [0.717, 1.165) is 29.8 Å². The van der Waals surface area contributed by atoms with E-state index in [2.05, 4.69) is 15.5 Å². The molecule has 0 unspecified atom stereocenters. The summed E-state index contributed by atoms with van der Waals surface area (Å²) < 4.78 is 0. The molecule has 1 aliphatic rings. The fraction of sp³-hybridized carbons (Fsp3) is 0.192. The molecule has 1 fully saturated rings. The standard InChI is InChI=1S/C26H25N5O2/c1-17-15-19(32)8-9-20(17)23-16-21(26(33)31-13-11-27-12-14-31)24-22(29-30-25(24)28-23)10-7-18-5-3-2-4-6-18/h2-10,15-16,27,32H,11-14H2,1H3,(H,28,29,30)/b10-7+. The zero-order chi connectivity index (χ0) is 22.8. The first kappa shape index (κ1) is 20.9.